The van der Waals surface area contributed by atoms with E-state index in [9.17, 15) is 9.18 Å². The number of carbonyl (C=O) groups is 1. The maximum Gasteiger partial charge on any atom is 0.226 e. The third kappa shape index (κ3) is 4.43. The fraction of sp³-hybridized carbons (Fsp3) is 0.476. The number of aromatic nitrogens is 5. The van der Waals surface area contributed by atoms with Crippen LogP contribution >= 0.6 is 11.3 Å². The molecule has 31 heavy (non-hydrogen) atoms. The number of rotatable bonds is 6. The molecule has 1 aliphatic rings. The summed E-state index contributed by atoms with van der Waals surface area (Å²) in [4.78, 5) is 30.9. The zero-order chi connectivity index (χ0) is 22.0. The highest BCUT2D eigenvalue weighted by molar-refractivity contribution is 7.09. The van der Waals surface area contributed by atoms with E-state index in [1.807, 2.05) is 29.8 Å². The predicted octanol–water partition coefficient (Wildman–Crippen LogP) is 3.05. The highest BCUT2D eigenvalue weighted by atomic mass is 32.1. The van der Waals surface area contributed by atoms with Crippen LogP contribution < -0.4 is 4.90 Å². The molecule has 4 rings (SSSR count). The first-order chi connectivity index (χ1) is 15.0. The summed E-state index contributed by atoms with van der Waals surface area (Å²) in [5.41, 5.74) is 3.54. The molecule has 3 aromatic heterocycles. The molecule has 0 atom stereocenters. The number of hydrogen-bond donors (Lipinski definition) is 0. The molecule has 1 amide bonds. The minimum Gasteiger partial charge on any atom is -0.341 e. The third-order valence-corrected chi connectivity index (χ3v) is 6.49. The zero-order valence-corrected chi connectivity index (χ0v) is 18.8. The van der Waals surface area contributed by atoms with Crippen molar-refractivity contribution in [3.8, 4) is 11.4 Å². The Balaban J connectivity index is 1.44. The summed E-state index contributed by atoms with van der Waals surface area (Å²) >= 11 is 1.56. The van der Waals surface area contributed by atoms with Gasteiger partial charge >= 0.3 is 0 Å². The summed E-state index contributed by atoms with van der Waals surface area (Å²) in [5.74, 6) is 0.173. The Morgan fingerprint density at radius 3 is 2.68 bits per heavy atom. The van der Waals surface area contributed by atoms with Crippen LogP contribution in [0.4, 0.5) is 10.3 Å². The lowest BCUT2D eigenvalue weighted by Crippen LogP contribution is -2.42. The Morgan fingerprint density at radius 2 is 2.06 bits per heavy atom. The number of halogens is 1. The fourth-order valence-corrected chi connectivity index (χ4v) is 4.61. The summed E-state index contributed by atoms with van der Waals surface area (Å²) in [5, 5.41) is 4.19. The summed E-state index contributed by atoms with van der Waals surface area (Å²) in [6, 6.07) is 0. The summed E-state index contributed by atoms with van der Waals surface area (Å²) in [6.07, 6.45) is 6.17. The minimum absolute atomic E-state index is 0.0247. The lowest BCUT2D eigenvalue weighted by molar-refractivity contribution is -0.136. The zero-order valence-electron chi connectivity index (χ0n) is 18.0. The Hall–Kier alpha value is -2.88. The predicted molar refractivity (Wildman–Crippen MR) is 117 cm³/mol. The number of amides is 1. The average molecular weight is 444 g/mol. The van der Waals surface area contributed by atoms with E-state index in [2.05, 4.69) is 20.1 Å². The SMILES string of the molecule is CCN(Cc1cncs1)C(=O)C1CCN(c2ncc(F)c(-c3c(C)cnn3C)n2)CC1. The first kappa shape index (κ1) is 21.4. The van der Waals surface area contributed by atoms with Crippen LogP contribution in [0, 0.1) is 18.7 Å². The largest absolute Gasteiger partial charge is 0.341 e. The molecule has 0 aromatic carbocycles. The van der Waals surface area contributed by atoms with Crippen LogP contribution in [0.25, 0.3) is 11.4 Å². The second kappa shape index (κ2) is 9.09. The van der Waals surface area contributed by atoms with Crippen molar-refractivity contribution in [2.45, 2.75) is 33.2 Å². The van der Waals surface area contributed by atoms with Gasteiger partial charge < -0.3 is 9.80 Å². The lowest BCUT2D eigenvalue weighted by atomic mass is 9.95. The molecule has 0 spiro atoms. The minimum atomic E-state index is -0.470. The molecule has 10 heteroatoms. The van der Waals surface area contributed by atoms with Crippen LogP contribution in [0.1, 0.15) is 30.2 Å². The van der Waals surface area contributed by atoms with Crippen LogP contribution in [0.3, 0.4) is 0 Å². The van der Waals surface area contributed by atoms with Gasteiger partial charge in [0.25, 0.3) is 0 Å². The number of nitrogens with zero attached hydrogens (tertiary/aromatic N) is 7. The van der Waals surface area contributed by atoms with Gasteiger partial charge in [-0.05, 0) is 32.3 Å². The number of piperidine rings is 1. The standard InChI is InChI=1S/C21H26FN7OS/c1-4-28(12-16-10-23-13-31-16)20(30)15-5-7-29(8-6-15)21-24-11-17(22)18(26-21)19-14(2)9-25-27(19)3/h9-11,13,15H,4-8,12H2,1-3H3. The van der Waals surface area contributed by atoms with E-state index in [-0.39, 0.29) is 17.5 Å². The van der Waals surface area contributed by atoms with Crippen molar-refractivity contribution in [2.75, 3.05) is 24.5 Å². The van der Waals surface area contributed by atoms with Crippen LogP contribution in [-0.2, 0) is 18.4 Å². The summed E-state index contributed by atoms with van der Waals surface area (Å²) in [7, 11) is 1.77. The molecule has 0 aliphatic carbocycles. The van der Waals surface area contributed by atoms with Crippen LogP contribution in [-0.4, -0.2) is 55.2 Å². The van der Waals surface area contributed by atoms with E-state index in [0.29, 0.717) is 37.8 Å². The molecule has 1 aliphatic heterocycles. The van der Waals surface area contributed by atoms with Crippen LogP contribution in [0.15, 0.2) is 24.1 Å². The molecule has 0 saturated carbocycles. The molecule has 164 valence electrons. The molecular weight excluding hydrogens is 417 g/mol. The van der Waals surface area contributed by atoms with Crippen molar-refractivity contribution in [3.05, 3.63) is 40.4 Å². The third-order valence-electron chi connectivity index (χ3n) is 5.73. The molecule has 4 heterocycles. The fourth-order valence-electron chi connectivity index (χ4n) is 4.00. The van der Waals surface area contributed by atoms with Gasteiger partial charge in [0.05, 0.1) is 30.1 Å². The van der Waals surface area contributed by atoms with Crippen LogP contribution in [0.2, 0.25) is 0 Å². The van der Waals surface area contributed by atoms with E-state index in [1.54, 1.807) is 34.8 Å². The van der Waals surface area contributed by atoms with Crippen molar-refractivity contribution in [3.63, 3.8) is 0 Å². The van der Waals surface area contributed by atoms with Gasteiger partial charge in [0.15, 0.2) is 5.82 Å². The monoisotopic (exact) mass is 443 g/mol. The first-order valence-electron chi connectivity index (χ1n) is 10.4. The van der Waals surface area contributed by atoms with Crippen molar-refractivity contribution in [1.29, 1.82) is 0 Å². The van der Waals surface area contributed by atoms with Crippen molar-refractivity contribution in [1.82, 2.24) is 29.6 Å². The van der Waals surface area contributed by atoms with E-state index >= 15 is 0 Å². The van der Waals surface area contributed by atoms with Crippen molar-refractivity contribution >= 4 is 23.2 Å². The van der Waals surface area contributed by atoms with Crippen molar-refractivity contribution < 1.29 is 9.18 Å². The van der Waals surface area contributed by atoms with Crippen molar-refractivity contribution in [2.24, 2.45) is 13.0 Å². The van der Waals surface area contributed by atoms with E-state index < -0.39 is 5.82 Å². The Bertz CT molecular complexity index is 1020. The van der Waals surface area contributed by atoms with Gasteiger partial charge in [-0.25, -0.2) is 14.4 Å². The first-order valence-corrected chi connectivity index (χ1v) is 11.3. The van der Waals surface area contributed by atoms with Crippen LogP contribution in [0.5, 0.6) is 0 Å². The smallest absolute Gasteiger partial charge is 0.226 e. The quantitative estimate of drug-likeness (QED) is 0.583. The maximum absolute atomic E-state index is 14.5. The van der Waals surface area contributed by atoms with Gasteiger partial charge in [0, 0.05) is 43.7 Å². The second-order valence-corrected chi connectivity index (χ2v) is 8.72. The van der Waals surface area contributed by atoms with E-state index in [0.717, 1.165) is 23.3 Å². The molecular formula is C21H26FN7OS. The molecule has 0 unspecified atom stereocenters. The maximum atomic E-state index is 14.5. The van der Waals surface area contributed by atoms with Gasteiger partial charge in [0.1, 0.15) is 5.69 Å². The van der Waals surface area contributed by atoms with E-state index in [4.69, 9.17) is 0 Å². The Morgan fingerprint density at radius 1 is 1.29 bits per heavy atom. The molecule has 1 fully saturated rings. The van der Waals surface area contributed by atoms with Gasteiger partial charge in [-0.3, -0.25) is 14.5 Å². The Kier molecular flexibility index (Phi) is 6.26. The average Bonchev–Trinajstić information content (AvgIpc) is 3.42. The van der Waals surface area contributed by atoms with E-state index in [1.165, 1.54) is 6.20 Å². The molecule has 3 aromatic rings. The lowest BCUT2D eigenvalue weighted by Gasteiger charge is -2.34. The number of anilines is 1. The second-order valence-electron chi connectivity index (χ2n) is 7.75. The highest BCUT2D eigenvalue weighted by Crippen LogP contribution is 2.27. The molecule has 0 bridgehead atoms. The molecule has 0 radical (unpaired) electrons. The summed E-state index contributed by atoms with van der Waals surface area (Å²) in [6.45, 7) is 6.48. The van der Waals surface area contributed by atoms with Gasteiger partial charge in [-0.2, -0.15) is 5.10 Å². The van der Waals surface area contributed by atoms with Gasteiger partial charge in [0.2, 0.25) is 11.9 Å². The number of hydrogen-bond acceptors (Lipinski definition) is 7. The number of thiazole rings is 1. The molecule has 0 N–H and O–H groups in total. The summed E-state index contributed by atoms with van der Waals surface area (Å²) < 4.78 is 16.1. The normalized spacial score (nSPS) is 14.8. The topological polar surface area (TPSA) is 80.0 Å². The molecule has 8 nitrogen and oxygen atoms in total. The Labute approximate surface area is 184 Å². The molecule has 1 saturated heterocycles. The van der Waals surface area contributed by atoms with Gasteiger partial charge in [-0.1, -0.05) is 0 Å². The van der Waals surface area contributed by atoms with Gasteiger partial charge in [-0.15, -0.1) is 11.3 Å². The number of carbonyl (C=O) groups excluding carboxylic acids is 1. The highest BCUT2D eigenvalue weighted by Gasteiger charge is 2.29. The number of aryl methyl sites for hydroxylation is 2.